The molecule has 0 saturated carbocycles. The first kappa shape index (κ1) is 15.6. The number of hydrogen-bond acceptors (Lipinski definition) is 7. The second-order valence-electron chi connectivity index (χ2n) is 4.54. The van der Waals surface area contributed by atoms with Gasteiger partial charge in [0, 0.05) is 5.38 Å². The van der Waals surface area contributed by atoms with Gasteiger partial charge in [0.05, 0.1) is 24.3 Å². The van der Waals surface area contributed by atoms with Gasteiger partial charge < -0.3 is 10.1 Å². The van der Waals surface area contributed by atoms with Crippen molar-refractivity contribution >= 4 is 33.7 Å². The first-order valence-electron chi connectivity index (χ1n) is 6.99. The van der Waals surface area contributed by atoms with E-state index in [0.29, 0.717) is 11.7 Å². The van der Waals surface area contributed by atoms with Crippen molar-refractivity contribution in [3.05, 3.63) is 40.8 Å². The van der Waals surface area contributed by atoms with Gasteiger partial charge >= 0.3 is 0 Å². The van der Waals surface area contributed by atoms with Gasteiger partial charge in [0.1, 0.15) is 16.3 Å². The number of para-hydroxylation sites is 1. The van der Waals surface area contributed by atoms with Gasteiger partial charge in [-0.2, -0.15) is 0 Å². The van der Waals surface area contributed by atoms with Crippen LogP contribution in [0.5, 0.6) is 5.75 Å². The number of hydrogen-bond donors (Lipinski definition) is 1. The molecule has 23 heavy (non-hydrogen) atoms. The third kappa shape index (κ3) is 3.91. The van der Waals surface area contributed by atoms with Crippen LogP contribution in [-0.4, -0.2) is 27.7 Å². The highest BCUT2D eigenvalue weighted by atomic mass is 32.1. The van der Waals surface area contributed by atoms with Crippen molar-refractivity contribution in [2.75, 3.05) is 11.9 Å². The number of rotatable bonds is 6. The van der Waals surface area contributed by atoms with Gasteiger partial charge in [-0.15, -0.1) is 21.5 Å². The summed E-state index contributed by atoms with van der Waals surface area (Å²) in [7, 11) is 0. The molecular formula is C15H14N4O2S2. The number of ether oxygens (including phenoxy) is 1. The van der Waals surface area contributed by atoms with E-state index in [9.17, 15) is 4.79 Å². The van der Waals surface area contributed by atoms with Crippen LogP contribution in [0.25, 0.3) is 10.6 Å². The zero-order valence-corrected chi connectivity index (χ0v) is 14.0. The summed E-state index contributed by atoms with van der Waals surface area (Å²) in [5, 5.41) is 13.4. The molecule has 2 aromatic heterocycles. The fourth-order valence-electron chi connectivity index (χ4n) is 1.99. The molecule has 2 heterocycles. The molecule has 1 aromatic carbocycles. The van der Waals surface area contributed by atoms with Crippen LogP contribution in [0.1, 0.15) is 12.6 Å². The first-order chi connectivity index (χ1) is 11.3. The molecule has 1 N–H and O–H groups in total. The molecule has 0 fully saturated rings. The van der Waals surface area contributed by atoms with Crippen LogP contribution in [0.4, 0.5) is 5.13 Å². The monoisotopic (exact) mass is 346 g/mol. The second-order valence-corrected chi connectivity index (χ2v) is 6.23. The topological polar surface area (TPSA) is 77.0 Å². The molecule has 3 rings (SSSR count). The van der Waals surface area contributed by atoms with Crippen LogP contribution >= 0.6 is 22.7 Å². The van der Waals surface area contributed by atoms with Crippen LogP contribution in [0.2, 0.25) is 0 Å². The Labute approximate surface area is 141 Å². The molecule has 6 nitrogen and oxygen atoms in total. The number of aromatic nitrogens is 3. The average Bonchev–Trinajstić information content (AvgIpc) is 3.20. The number of benzene rings is 1. The quantitative estimate of drug-likeness (QED) is 0.741. The predicted octanol–water partition coefficient (Wildman–Crippen LogP) is 3.24. The van der Waals surface area contributed by atoms with Crippen LogP contribution in [0.15, 0.2) is 35.2 Å². The Morgan fingerprint density at radius 2 is 2.17 bits per heavy atom. The number of amides is 1. The lowest BCUT2D eigenvalue weighted by Crippen LogP contribution is -2.14. The Morgan fingerprint density at radius 3 is 2.96 bits per heavy atom. The maximum absolute atomic E-state index is 12.0. The molecule has 0 radical (unpaired) electrons. The highest BCUT2D eigenvalue weighted by Gasteiger charge is 2.13. The molecule has 0 saturated heterocycles. The average molecular weight is 346 g/mol. The molecule has 0 aliphatic rings. The third-order valence-corrected chi connectivity index (χ3v) is 4.45. The van der Waals surface area contributed by atoms with Crippen LogP contribution in [0, 0.1) is 0 Å². The summed E-state index contributed by atoms with van der Waals surface area (Å²) in [5.74, 6) is 0.644. The van der Waals surface area contributed by atoms with Gasteiger partial charge in [-0.1, -0.05) is 23.5 Å². The van der Waals surface area contributed by atoms with Crippen molar-refractivity contribution in [3.8, 4) is 16.3 Å². The van der Waals surface area contributed by atoms with Gasteiger partial charge in [0.25, 0.3) is 0 Å². The lowest BCUT2D eigenvalue weighted by Gasteiger charge is -2.07. The minimum Gasteiger partial charge on any atom is -0.493 e. The van der Waals surface area contributed by atoms with E-state index in [4.69, 9.17) is 4.74 Å². The molecule has 0 aliphatic heterocycles. The molecule has 1 amide bonds. The number of nitrogens with one attached hydrogen (secondary N) is 1. The van der Waals surface area contributed by atoms with E-state index < -0.39 is 0 Å². The predicted molar refractivity (Wildman–Crippen MR) is 91.0 cm³/mol. The number of carbonyl (C=O) groups is 1. The van der Waals surface area contributed by atoms with Crippen molar-refractivity contribution in [3.63, 3.8) is 0 Å². The number of carbonyl (C=O) groups excluding carboxylic acids is 1. The van der Waals surface area contributed by atoms with E-state index in [2.05, 4.69) is 20.5 Å². The Hall–Kier alpha value is -2.32. The minimum atomic E-state index is -0.156. The van der Waals surface area contributed by atoms with E-state index in [1.807, 2.05) is 36.6 Å². The fourth-order valence-corrected chi connectivity index (χ4v) is 3.30. The molecule has 0 bridgehead atoms. The van der Waals surface area contributed by atoms with E-state index >= 15 is 0 Å². The normalized spacial score (nSPS) is 10.5. The van der Waals surface area contributed by atoms with Gasteiger partial charge in [-0.25, -0.2) is 4.98 Å². The molecule has 0 aliphatic carbocycles. The molecule has 0 atom stereocenters. The maximum atomic E-state index is 12.0. The summed E-state index contributed by atoms with van der Waals surface area (Å²) in [6.07, 6.45) is 0.201. The summed E-state index contributed by atoms with van der Waals surface area (Å²) in [5.41, 5.74) is 3.23. The zero-order valence-electron chi connectivity index (χ0n) is 12.4. The highest BCUT2D eigenvalue weighted by molar-refractivity contribution is 7.13. The molecule has 0 unspecified atom stereocenters. The molecule has 8 heteroatoms. The number of thiazole rings is 1. The maximum Gasteiger partial charge on any atom is 0.232 e. The summed E-state index contributed by atoms with van der Waals surface area (Å²) >= 11 is 2.78. The molecular weight excluding hydrogens is 332 g/mol. The molecule has 118 valence electrons. The minimum absolute atomic E-state index is 0.156. The smallest absolute Gasteiger partial charge is 0.232 e. The number of nitrogens with zero attached hydrogens (tertiary/aromatic N) is 3. The second kappa shape index (κ2) is 7.30. The van der Waals surface area contributed by atoms with Crippen molar-refractivity contribution in [1.29, 1.82) is 0 Å². The largest absolute Gasteiger partial charge is 0.493 e. The molecule has 0 spiro atoms. The van der Waals surface area contributed by atoms with Crippen LogP contribution in [0.3, 0.4) is 0 Å². The van der Waals surface area contributed by atoms with Gasteiger partial charge in [-0.05, 0) is 19.1 Å². The Kier molecular flexibility index (Phi) is 4.94. The van der Waals surface area contributed by atoms with Crippen molar-refractivity contribution < 1.29 is 9.53 Å². The van der Waals surface area contributed by atoms with Crippen LogP contribution < -0.4 is 10.1 Å². The summed E-state index contributed by atoms with van der Waals surface area (Å²) in [6.45, 7) is 2.54. The summed E-state index contributed by atoms with van der Waals surface area (Å²) in [6, 6.07) is 7.76. The first-order valence-corrected chi connectivity index (χ1v) is 8.75. The van der Waals surface area contributed by atoms with E-state index in [0.717, 1.165) is 22.0 Å². The SMILES string of the molecule is CCOc1ccccc1-c1nc(CC(=O)Nc2nncs2)cs1. The molecule has 3 aromatic rings. The lowest BCUT2D eigenvalue weighted by molar-refractivity contribution is -0.115. The standard InChI is InChI=1S/C15H14N4O2S2/c1-2-21-12-6-4-3-5-11(12)14-17-10(8-22-14)7-13(20)18-15-19-16-9-23-15/h3-6,8-9H,2,7H2,1H3,(H,18,19,20). The van der Waals surface area contributed by atoms with E-state index in [1.54, 1.807) is 5.51 Å². The number of anilines is 1. The Bertz CT molecular complexity index is 786. The third-order valence-electron chi connectivity index (χ3n) is 2.92. The van der Waals surface area contributed by atoms with Crippen molar-refractivity contribution in [2.45, 2.75) is 13.3 Å². The lowest BCUT2D eigenvalue weighted by atomic mass is 10.2. The van der Waals surface area contributed by atoms with E-state index in [1.165, 1.54) is 22.7 Å². The van der Waals surface area contributed by atoms with E-state index in [-0.39, 0.29) is 12.3 Å². The Morgan fingerprint density at radius 1 is 1.30 bits per heavy atom. The summed E-state index contributed by atoms with van der Waals surface area (Å²) in [4.78, 5) is 16.5. The fraction of sp³-hybridized carbons (Fsp3) is 0.200. The van der Waals surface area contributed by atoms with Crippen molar-refractivity contribution in [1.82, 2.24) is 15.2 Å². The summed E-state index contributed by atoms with van der Waals surface area (Å²) < 4.78 is 5.63. The van der Waals surface area contributed by atoms with Crippen molar-refractivity contribution in [2.24, 2.45) is 0 Å². The van der Waals surface area contributed by atoms with Crippen LogP contribution in [-0.2, 0) is 11.2 Å². The van der Waals surface area contributed by atoms with Gasteiger partial charge in [0.15, 0.2) is 0 Å². The zero-order chi connectivity index (χ0) is 16.1. The van der Waals surface area contributed by atoms with Gasteiger partial charge in [0.2, 0.25) is 11.0 Å². The highest BCUT2D eigenvalue weighted by Crippen LogP contribution is 2.32. The van der Waals surface area contributed by atoms with Gasteiger partial charge in [-0.3, -0.25) is 4.79 Å². The Balaban J connectivity index is 1.72.